The second-order valence-electron chi connectivity index (χ2n) is 16.6. The topological polar surface area (TPSA) is 198 Å². The maximum Gasteiger partial charge on any atom is 0.304 e. The van der Waals surface area contributed by atoms with E-state index in [1.54, 1.807) is 76.0 Å². The van der Waals surface area contributed by atoms with Gasteiger partial charge >= 0.3 is 11.9 Å². The lowest BCUT2D eigenvalue weighted by molar-refractivity contribution is -0.138. The summed E-state index contributed by atoms with van der Waals surface area (Å²) >= 11 is 13.7. The summed E-state index contributed by atoms with van der Waals surface area (Å²) in [4.78, 5) is 35.2. The summed E-state index contributed by atoms with van der Waals surface area (Å²) in [5.41, 5.74) is 10.2. The summed E-state index contributed by atoms with van der Waals surface area (Å²) in [7, 11) is 1.70. The van der Waals surface area contributed by atoms with Crippen molar-refractivity contribution in [1.82, 2.24) is 20.6 Å². The van der Waals surface area contributed by atoms with Crippen LogP contribution < -0.4 is 29.6 Å². The first-order valence-electron chi connectivity index (χ1n) is 22.1. The first-order valence-corrected chi connectivity index (χ1v) is 22.9. The summed E-state index contributed by atoms with van der Waals surface area (Å²) in [5.74, 6) is 0.0227. The molecule has 0 radical (unpaired) electrons. The van der Waals surface area contributed by atoms with Gasteiger partial charge in [-0.15, -0.1) is 0 Å². The highest BCUT2D eigenvalue weighted by Gasteiger charge is 2.19. The lowest BCUT2D eigenvalue weighted by atomic mass is 9.92. The van der Waals surface area contributed by atoms with Crippen molar-refractivity contribution in [2.45, 2.75) is 92.1 Å². The van der Waals surface area contributed by atoms with Gasteiger partial charge in [-0.1, -0.05) is 59.6 Å². The van der Waals surface area contributed by atoms with Crippen molar-refractivity contribution in [1.29, 1.82) is 5.26 Å². The first kappa shape index (κ1) is 51.4. The molecule has 358 valence electrons. The number of ether oxygens (including phenoxy) is 4. The van der Waals surface area contributed by atoms with Crippen LogP contribution in [-0.2, 0) is 49.1 Å². The molecule has 69 heavy (non-hydrogen) atoms. The van der Waals surface area contributed by atoms with Gasteiger partial charge in [-0.3, -0.25) is 24.5 Å². The summed E-state index contributed by atoms with van der Waals surface area (Å²) in [6, 6.07) is 24.3. The Morgan fingerprint density at radius 2 is 1.13 bits per heavy atom. The number of carboxylic acid groups (broad SMARTS) is 2. The van der Waals surface area contributed by atoms with E-state index in [1.165, 1.54) is 6.20 Å². The number of benzene rings is 4. The van der Waals surface area contributed by atoms with E-state index in [0.717, 1.165) is 50.1 Å². The molecule has 2 heterocycles. The number of carbonyl (C=O) groups is 2. The molecule has 0 amide bonds. The highest BCUT2D eigenvalue weighted by molar-refractivity contribution is 6.32. The van der Waals surface area contributed by atoms with Gasteiger partial charge in [0.15, 0.2) is 0 Å². The van der Waals surface area contributed by atoms with Gasteiger partial charge in [-0.25, -0.2) is 0 Å². The predicted octanol–water partition coefficient (Wildman–Crippen LogP) is 10.2. The number of carboxylic acids is 2. The van der Waals surface area contributed by atoms with Gasteiger partial charge in [0.2, 0.25) is 0 Å². The van der Waals surface area contributed by atoms with Crippen molar-refractivity contribution < 1.29 is 38.7 Å². The maximum absolute atomic E-state index is 11.3. The second kappa shape index (κ2) is 24.8. The molecular weight excluding hydrogens is 920 g/mol. The number of nitriles is 1. The summed E-state index contributed by atoms with van der Waals surface area (Å²) in [6.45, 7) is 9.05. The molecular formula is C53H54Cl2N6O8. The zero-order valence-corrected chi connectivity index (χ0v) is 40.5. The fourth-order valence-corrected chi connectivity index (χ4v) is 7.97. The smallest absolute Gasteiger partial charge is 0.304 e. The van der Waals surface area contributed by atoms with E-state index in [-0.39, 0.29) is 57.9 Å². The molecule has 6 rings (SSSR count). The van der Waals surface area contributed by atoms with Gasteiger partial charge in [0.05, 0.1) is 28.5 Å². The van der Waals surface area contributed by atoms with Gasteiger partial charge in [0.1, 0.15) is 55.5 Å². The monoisotopic (exact) mass is 972 g/mol. The SMILES string of the molecule is CN=Cc1cncc(COc2cc(OCc3cccc(-c4cccc(COc5cc(OCc6cncc(C#N)c6)c(CNC(C)CC(=O)O)cc5Cl)c4C)c3C)c(Cl)cc2CNC(C)CC(=O)O)c1. The number of aromatic nitrogens is 2. The second-order valence-corrected chi connectivity index (χ2v) is 17.4. The normalized spacial score (nSPS) is 12.0. The molecule has 0 aliphatic carbocycles. The average molecular weight is 974 g/mol. The van der Waals surface area contributed by atoms with Gasteiger partial charge in [0, 0.05) is 103 Å². The molecule has 0 aliphatic heterocycles. The Balaban J connectivity index is 1.19. The molecule has 0 spiro atoms. The van der Waals surface area contributed by atoms with Crippen LogP contribution >= 0.6 is 23.2 Å². The van der Waals surface area contributed by atoms with E-state index in [4.69, 9.17) is 42.1 Å². The molecule has 0 aliphatic rings. The Bertz CT molecular complexity index is 2850. The molecule has 0 saturated carbocycles. The maximum atomic E-state index is 11.3. The van der Waals surface area contributed by atoms with E-state index in [9.17, 15) is 25.1 Å². The van der Waals surface area contributed by atoms with Crippen LogP contribution in [0.2, 0.25) is 10.0 Å². The summed E-state index contributed by atoms with van der Waals surface area (Å²) in [5, 5.41) is 35.1. The Morgan fingerprint density at radius 3 is 1.59 bits per heavy atom. The van der Waals surface area contributed by atoms with Crippen LogP contribution in [0, 0.1) is 25.2 Å². The van der Waals surface area contributed by atoms with E-state index >= 15 is 0 Å². The van der Waals surface area contributed by atoms with Gasteiger partial charge < -0.3 is 39.8 Å². The number of aliphatic imine (C=N–C) groups is 1. The minimum atomic E-state index is -0.911. The third kappa shape index (κ3) is 14.7. The molecule has 14 nitrogen and oxygen atoms in total. The van der Waals surface area contributed by atoms with Gasteiger partial charge in [0.25, 0.3) is 0 Å². The number of aliphatic carboxylic acids is 2. The number of hydrogen-bond acceptors (Lipinski definition) is 12. The van der Waals surface area contributed by atoms with Crippen LogP contribution in [0.15, 0.2) is 103 Å². The van der Waals surface area contributed by atoms with E-state index in [1.807, 2.05) is 37.3 Å². The van der Waals surface area contributed by atoms with Crippen LogP contribution in [0.25, 0.3) is 11.1 Å². The fourth-order valence-electron chi connectivity index (χ4n) is 7.49. The van der Waals surface area contributed by atoms with Crippen LogP contribution in [0.4, 0.5) is 0 Å². The van der Waals surface area contributed by atoms with Crippen molar-refractivity contribution in [3.8, 4) is 40.2 Å². The van der Waals surface area contributed by atoms with Crippen molar-refractivity contribution in [3.63, 3.8) is 0 Å². The van der Waals surface area contributed by atoms with Crippen LogP contribution in [-0.4, -0.2) is 57.5 Å². The number of rotatable bonds is 24. The zero-order chi connectivity index (χ0) is 49.5. The Kier molecular flexibility index (Phi) is 18.5. The number of pyridine rings is 2. The number of halogens is 2. The van der Waals surface area contributed by atoms with E-state index < -0.39 is 11.9 Å². The molecule has 2 unspecified atom stereocenters. The van der Waals surface area contributed by atoms with Crippen molar-refractivity contribution in [2.75, 3.05) is 7.05 Å². The average Bonchev–Trinajstić information content (AvgIpc) is 3.32. The number of hydrogen-bond donors (Lipinski definition) is 4. The molecule has 4 aromatic carbocycles. The fraction of sp³-hybridized carbons (Fsp3) is 0.283. The zero-order valence-electron chi connectivity index (χ0n) is 39.0. The molecule has 2 atom stereocenters. The minimum absolute atomic E-state index is 0.0428. The summed E-state index contributed by atoms with van der Waals surface area (Å²) < 4.78 is 25.4. The quantitative estimate of drug-likeness (QED) is 0.0419. The third-order valence-electron chi connectivity index (χ3n) is 11.2. The predicted molar refractivity (Wildman–Crippen MR) is 265 cm³/mol. The highest BCUT2D eigenvalue weighted by Crippen LogP contribution is 2.37. The molecule has 2 aromatic heterocycles. The third-order valence-corrected chi connectivity index (χ3v) is 11.8. The Labute approximate surface area is 411 Å². The lowest BCUT2D eigenvalue weighted by Crippen LogP contribution is -2.28. The van der Waals surface area contributed by atoms with Crippen molar-refractivity contribution in [3.05, 3.63) is 163 Å². The summed E-state index contributed by atoms with van der Waals surface area (Å²) in [6.07, 6.45) is 8.16. The van der Waals surface area contributed by atoms with Crippen LogP contribution in [0.3, 0.4) is 0 Å². The van der Waals surface area contributed by atoms with Gasteiger partial charge in [-0.05, 0) is 85.3 Å². The molecule has 0 saturated heterocycles. The van der Waals surface area contributed by atoms with Crippen molar-refractivity contribution in [2.24, 2.45) is 4.99 Å². The number of nitrogens with one attached hydrogen (secondary N) is 2. The van der Waals surface area contributed by atoms with E-state index in [2.05, 4.69) is 50.7 Å². The van der Waals surface area contributed by atoms with Crippen LogP contribution in [0.5, 0.6) is 23.0 Å². The minimum Gasteiger partial charge on any atom is -0.488 e. The Hall–Kier alpha value is -7.02. The van der Waals surface area contributed by atoms with E-state index in [0.29, 0.717) is 56.3 Å². The standard InChI is InChI=1S/C53H54Cl2N6O8/c1-32(12-52(62)63)60-26-42-16-46(54)50(18-48(42)66-28-38-14-36(20-56)22-58-24-38)68-30-40-8-6-10-44(34(40)3)45-11-7-9-41(35(45)4)31-69-51-19-49(67-29-39-15-37(21-57-5)23-59-25-39)43(17-47(51)55)27-61-33(2)13-53(64)65/h6-11,14-19,21-25,32-33,60-61H,12-13,26-31H2,1-5H3,(H,62,63)(H,64,65). The van der Waals surface area contributed by atoms with Crippen molar-refractivity contribution >= 4 is 41.4 Å². The molecule has 0 bridgehead atoms. The molecule has 16 heteroatoms. The molecule has 6 aromatic rings. The van der Waals surface area contributed by atoms with Crippen LogP contribution in [0.1, 0.15) is 82.3 Å². The highest BCUT2D eigenvalue weighted by atomic mass is 35.5. The first-order chi connectivity index (χ1) is 33.2. The van der Waals surface area contributed by atoms with Gasteiger partial charge in [-0.2, -0.15) is 5.26 Å². The largest absolute Gasteiger partial charge is 0.488 e. The number of nitrogens with zero attached hydrogens (tertiary/aromatic N) is 4. The lowest BCUT2D eigenvalue weighted by Gasteiger charge is -2.19. The molecule has 0 fully saturated rings. The molecule has 4 N–H and O–H groups in total. The Morgan fingerprint density at radius 1 is 0.667 bits per heavy atom.